The number of sulfone groups is 1. The maximum atomic E-state index is 11.9. The van der Waals surface area contributed by atoms with E-state index in [1.807, 2.05) is 6.92 Å². The molecule has 0 aliphatic rings. The number of carbonyl (C=O) groups excluding carboxylic acids is 1. The van der Waals surface area contributed by atoms with E-state index in [4.69, 9.17) is 0 Å². The quantitative estimate of drug-likeness (QED) is 0.425. The number of likely N-dealkylation sites (N-methyl/N-ethyl adjacent to an activating group) is 1. The second kappa shape index (κ2) is 7.14. The molecular weight excluding hydrogens is 298 g/mol. The number of hydrogen-bond acceptors (Lipinski definition) is 6. The molecule has 0 saturated heterocycles. The third-order valence-corrected chi connectivity index (χ3v) is 3.72. The second-order valence-electron chi connectivity index (χ2n) is 4.35. The summed E-state index contributed by atoms with van der Waals surface area (Å²) in [7, 11) is -3.64. The van der Waals surface area contributed by atoms with E-state index in [1.54, 1.807) is 0 Å². The topological polar surface area (TPSA) is 118 Å². The molecule has 0 radical (unpaired) electrons. The maximum Gasteiger partial charge on any atom is 0.271 e. The lowest BCUT2D eigenvalue weighted by Gasteiger charge is -2.07. The highest BCUT2D eigenvalue weighted by Gasteiger charge is 2.18. The van der Waals surface area contributed by atoms with Crippen LogP contribution in [-0.4, -0.2) is 45.1 Å². The van der Waals surface area contributed by atoms with Crippen molar-refractivity contribution in [3.63, 3.8) is 0 Å². The van der Waals surface area contributed by atoms with Gasteiger partial charge in [0.05, 0.1) is 9.82 Å². The van der Waals surface area contributed by atoms with Crippen molar-refractivity contribution in [3.8, 4) is 0 Å². The summed E-state index contributed by atoms with van der Waals surface area (Å²) in [4.78, 5) is 21.7. The predicted octanol–water partition coefficient (Wildman–Crippen LogP) is 0.338. The molecule has 116 valence electrons. The fraction of sp³-hybridized carbons (Fsp3) is 0.417. The largest absolute Gasteiger partial charge is 0.351 e. The summed E-state index contributed by atoms with van der Waals surface area (Å²) in [6, 6.07) is 3.12. The SMILES string of the molecule is CCNCCNC(=O)c1cc([N+](=O)[O-])cc(S(C)(=O)=O)c1. The zero-order valence-corrected chi connectivity index (χ0v) is 12.6. The van der Waals surface area contributed by atoms with Crippen molar-refractivity contribution in [2.45, 2.75) is 11.8 Å². The summed E-state index contributed by atoms with van der Waals surface area (Å²) in [5.41, 5.74) is -0.490. The fourth-order valence-electron chi connectivity index (χ4n) is 1.58. The van der Waals surface area contributed by atoms with Gasteiger partial charge in [0.25, 0.3) is 11.6 Å². The number of nitrogens with one attached hydrogen (secondary N) is 2. The molecular formula is C12H17N3O5S. The van der Waals surface area contributed by atoms with Gasteiger partial charge in [0, 0.05) is 37.0 Å². The predicted molar refractivity (Wildman–Crippen MR) is 77.1 cm³/mol. The smallest absolute Gasteiger partial charge is 0.271 e. The summed E-state index contributed by atoms with van der Waals surface area (Å²) in [5, 5.41) is 16.4. The van der Waals surface area contributed by atoms with Gasteiger partial charge >= 0.3 is 0 Å². The van der Waals surface area contributed by atoms with Gasteiger partial charge in [0.15, 0.2) is 9.84 Å². The first-order chi connectivity index (χ1) is 9.75. The Balaban J connectivity index is 3.03. The molecule has 0 bridgehead atoms. The summed E-state index contributed by atoms with van der Waals surface area (Å²) in [6.07, 6.45) is 0.929. The van der Waals surface area contributed by atoms with E-state index >= 15 is 0 Å². The third-order valence-electron chi connectivity index (χ3n) is 2.63. The van der Waals surface area contributed by atoms with Crippen molar-refractivity contribution >= 4 is 21.4 Å². The van der Waals surface area contributed by atoms with Crippen molar-refractivity contribution < 1.29 is 18.1 Å². The number of carbonyl (C=O) groups is 1. The Morgan fingerprint density at radius 3 is 2.48 bits per heavy atom. The minimum absolute atomic E-state index is 0.0545. The van der Waals surface area contributed by atoms with Crippen LogP contribution < -0.4 is 10.6 Å². The Morgan fingerprint density at radius 1 is 1.29 bits per heavy atom. The Labute approximate surface area is 122 Å². The molecule has 1 rings (SSSR count). The zero-order chi connectivity index (χ0) is 16.0. The minimum atomic E-state index is -3.64. The van der Waals surface area contributed by atoms with Crippen LogP contribution in [-0.2, 0) is 9.84 Å². The van der Waals surface area contributed by atoms with Crippen LogP contribution in [0.5, 0.6) is 0 Å². The molecule has 0 aliphatic carbocycles. The molecule has 21 heavy (non-hydrogen) atoms. The highest BCUT2D eigenvalue weighted by atomic mass is 32.2. The number of benzene rings is 1. The molecule has 0 fully saturated rings. The van der Waals surface area contributed by atoms with Gasteiger partial charge in [0.2, 0.25) is 0 Å². The Hall–Kier alpha value is -2.00. The molecule has 9 heteroatoms. The molecule has 1 amide bonds. The molecule has 0 aliphatic heterocycles. The molecule has 0 saturated carbocycles. The first-order valence-electron chi connectivity index (χ1n) is 6.24. The van der Waals surface area contributed by atoms with Crippen molar-refractivity contribution in [3.05, 3.63) is 33.9 Å². The molecule has 0 spiro atoms. The molecule has 0 heterocycles. The van der Waals surface area contributed by atoms with Gasteiger partial charge in [-0.15, -0.1) is 0 Å². The van der Waals surface area contributed by atoms with E-state index in [0.29, 0.717) is 13.1 Å². The van der Waals surface area contributed by atoms with Crippen LogP contribution in [0.25, 0.3) is 0 Å². The summed E-state index contributed by atoms with van der Waals surface area (Å²) in [6.45, 7) is 3.56. The van der Waals surface area contributed by atoms with Crippen molar-refractivity contribution in [2.75, 3.05) is 25.9 Å². The van der Waals surface area contributed by atoms with Crippen molar-refractivity contribution in [1.29, 1.82) is 0 Å². The first kappa shape index (κ1) is 17.1. The second-order valence-corrected chi connectivity index (χ2v) is 6.37. The highest BCUT2D eigenvalue weighted by molar-refractivity contribution is 7.90. The Kier molecular flexibility index (Phi) is 5.79. The van der Waals surface area contributed by atoms with Crippen LogP contribution in [0.2, 0.25) is 0 Å². The normalized spacial score (nSPS) is 11.1. The summed E-state index contributed by atoms with van der Waals surface area (Å²) >= 11 is 0. The van der Waals surface area contributed by atoms with Crippen LogP contribution in [0.15, 0.2) is 23.1 Å². The lowest BCUT2D eigenvalue weighted by Crippen LogP contribution is -2.31. The summed E-state index contributed by atoms with van der Waals surface area (Å²) < 4.78 is 23.0. The van der Waals surface area contributed by atoms with E-state index in [9.17, 15) is 23.3 Å². The molecule has 0 aromatic heterocycles. The molecule has 1 aromatic rings. The van der Waals surface area contributed by atoms with Crippen LogP contribution in [0.4, 0.5) is 5.69 Å². The number of nitrogens with zero attached hydrogens (tertiary/aromatic N) is 1. The van der Waals surface area contributed by atoms with E-state index in [1.165, 1.54) is 0 Å². The Morgan fingerprint density at radius 2 is 1.95 bits per heavy atom. The van der Waals surface area contributed by atoms with Gasteiger partial charge in [0.1, 0.15) is 0 Å². The zero-order valence-electron chi connectivity index (χ0n) is 11.8. The van der Waals surface area contributed by atoms with Gasteiger partial charge in [-0.3, -0.25) is 14.9 Å². The molecule has 0 atom stereocenters. The van der Waals surface area contributed by atoms with Gasteiger partial charge in [-0.1, -0.05) is 6.92 Å². The van der Waals surface area contributed by atoms with E-state index in [0.717, 1.165) is 31.0 Å². The van der Waals surface area contributed by atoms with E-state index < -0.39 is 26.4 Å². The highest BCUT2D eigenvalue weighted by Crippen LogP contribution is 2.20. The lowest BCUT2D eigenvalue weighted by molar-refractivity contribution is -0.385. The first-order valence-corrected chi connectivity index (χ1v) is 8.13. The van der Waals surface area contributed by atoms with Crippen molar-refractivity contribution in [2.24, 2.45) is 0 Å². The van der Waals surface area contributed by atoms with Crippen LogP contribution >= 0.6 is 0 Å². The van der Waals surface area contributed by atoms with Crippen LogP contribution in [0.3, 0.4) is 0 Å². The van der Waals surface area contributed by atoms with Crippen LogP contribution in [0, 0.1) is 10.1 Å². The number of rotatable bonds is 7. The van der Waals surface area contributed by atoms with Gasteiger partial charge in [-0.05, 0) is 12.6 Å². The Bertz CT molecular complexity index is 642. The van der Waals surface area contributed by atoms with Gasteiger partial charge in [-0.2, -0.15) is 0 Å². The van der Waals surface area contributed by atoms with E-state index in [-0.39, 0.29) is 10.5 Å². The average molecular weight is 315 g/mol. The number of non-ortho nitro benzene ring substituents is 1. The number of nitro benzene ring substituents is 1. The van der Waals surface area contributed by atoms with E-state index in [2.05, 4.69) is 10.6 Å². The summed E-state index contributed by atoms with van der Waals surface area (Å²) in [5.74, 6) is -0.554. The number of hydrogen-bond donors (Lipinski definition) is 2. The van der Waals surface area contributed by atoms with Gasteiger partial charge < -0.3 is 10.6 Å². The standard InChI is InChI=1S/C12H17N3O5S/c1-3-13-4-5-14-12(16)9-6-10(15(17)18)8-11(7-9)21(2,19)20/h6-8,13H,3-5H2,1-2H3,(H,14,16). The fourth-order valence-corrected chi connectivity index (χ4v) is 2.25. The van der Waals surface area contributed by atoms with Crippen LogP contribution in [0.1, 0.15) is 17.3 Å². The van der Waals surface area contributed by atoms with Gasteiger partial charge in [-0.25, -0.2) is 8.42 Å². The lowest BCUT2D eigenvalue weighted by atomic mass is 10.2. The third kappa shape index (κ3) is 5.12. The number of nitro groups is 1. The number of amides is 1. The molecule has 8 nitrogen and oxygen atoms in total. The minimum Gasteiger partial charge on any atom is -0.351 e. The molecule has 0 unspecified atom stereocenters. The molecule has 1 aromatic carbocycles. The molecule has 2 N–H and O–H groups in total. The monoisotopic (exact) mass is 315 g/mol. The maximum absolute atomic E-state index is 11.9. The average Bonchev–Trinajstić information content (AvgIpc) is 2.41. The van der Waals surface area contributed by atoms with Crippen molar-refractivity contribution in [1.82, 2.24) is 10.6 Å².